The minimum absolute atomic E-state index is 0. The van der Waals surface area contributed by atoms with Gasteiger partial charge in [-0.1, -0.05) is 37.8 Å². The quantitative estimate of drug-likeness (QED) is 0.746. The standard InChI is InChI=1S/C11H8O2.CH4/c12-11(13)10-6-5-8-3-1-2-4-9(8)7-10;/h1-7H,(H,12,13);1H4. The van der Waals surface area contributed by atoms with Crippen LogP contribution in [0.15, 0.2) is 42.5 Å². The molecule has 0 aliphatic rings. The molecule has 1 N–H and O–H groups in total. The van der Waals surface area contributed by atoms with Crippen molar-refractivity contribution in [3.8, 4) is 0 Å². The molecule has 0 unspecified atom stereocenters. The van der Waals surface area contributed by atoms with Crippen LogP contribution in [0, 0.1) is 0 Å². The van der Waals surface area contributed by atoms with E-state index in [-0.39, 0.29) is 7.43 Å². The van der Waals surface area contributed by atoms with Crippen LogP contribution in [0.25, 0.3) is 10.8 Å². The van der Waals surface area contributed by atoms with Gasteiger partial charge in [0.1, 0.15) is 0 Å². The fourth-order valence-corrected chi connectivity index (χ4v) is 1.32. The van der Waals surface area contributed by atoms with Crippen LogP contribution >= 0.6 is 0 Å². The first kappa shape index (κ1) is 10.3. The molecule has 2 nitrogen and oxygen atoms in total. The Hall–Kier alpha value is -1.83. The number of carbonyl (C=O) groups is 1. The molecule has 0 bridgehead atoms. The Morgan fingerprint density at radius 2 is 1.64 bits per heavy atom. The van der Waals surface area contributed by atoms with Gasteiger partial charge in [0.15, 0.2) is 0 Å². The molecule has 14 heavy (non-hydrogen) atoms. The highest BCUT2D eigenvalue weighted by Crippen LogP contribution is 2.15. The fourth-order valence-electron chi connectivity index (χ4n) is 1.32. The summed E-state index contributed by atoms with van der Waals surface area (Å²) < 4.78 is 0. The maximum absolute atomic E-state index is 10.6. The molecule has 2 aromatic carbocycles. The van der Waals surface area contributed by atoms with E-state index in [1.807, 2.05) is 30.3 Å². The molecule has 0 aliphatic heterocycles. The zero-order chi connectivity index (χ0) is 9.26. The van der Waals surface area contributed by atoms with Gasteiger partial charge in [0, 0.05) is 0 Å². The summed E-state index contributed by atoms with van der Waals surface area (Å²) in [6, 6.07) is 12.8. The zero-order valence-electron chi connectivity index (χ0n) is 6.90. The lowest BCUT2D eigenvalue weighted by Gasteiger charge is -1.98. The molecule has 2 rings (SSSR count). The van der Waals surface area contributed by atoms with E-state index in [4.69, 9.17) is 5.11 Å². The smallest absolute Gasteiger partial charge is 0.335 e. The maximum Gasteiger partial charge on any atom is 0.335 e. The third-order valence-electron chi connectivity index (χ3n) is 2.00. The average molecular weight is 188 g/mol. The zero-order valence-corrected chi connectivity index (χ0v) is 6.90. The SMILES string of the molecule is C.O=C(O)c1ccc2ccccc2c1. The van der Waals surface area contributed by atoms with Crippen molar-refractivity contribution < 1.29 is 9.90 Å². The van der Waals surface area contributed by atoms with Gasteiger partial charge in [0.05, 0.1) is 5.56 Å². The molecule has 0 saturated carbocycles. The third kappa shape index (κ3) is 1.74. The third-order valence-corrected chi connectivity index (χ3v) is 2.00. The summed E-state index contributed by atoms with van der Waals surface area (Å²) in [5, 5.41) is 10.8. The van der Waals surface area contributed by atoms with Crippen molar-refractivity contribution in [1.29, 1.82) is 0 Å². The lowest BCUT2D eigenvalue weighted by Crippen LogP contribution is -1.94. The first-order valence-corrected chi connectivity index (χ1v) is 3.99. The summed E-state index contributed by atoms with van der Waals surface area (Å²) in [4.78, 5) is 10.6. The van der Waals surface area contributed by atoms with E-state index in [0.29, 0.717) is 5.56 Å². The average Bonchev–Trinajstić information content (AvgIpc) is 2.17. The summed E-state index contributed by atoms with van der Waals surface area (Å²) in [6.07, 6.45) is 0. The number of aromatic carboxylic acids is 1. The van der Waals surface area contributed by atoms with Gasteiger partial charge in [0.2, 0.25) is 0 Å². The van der Waals surface area contributed by atoms with Crippen molar-refractivity contribution in [1.82, 2.24) is 0 Å². The molecule has 0 amide bonds. The van der Waals surface area contributed by atoms with Crippen molar-refractivity contribution >= 4 is 16.7 Å². The van der Waals surface area contributed by atoms with Gasteiger partial charge >= 0.3 is 5.97 Å². The van der Waals surface area contributed by atoms with Crippen molar-refractivity contribution in [2.45, 2.75) is 7.43 Å². The first-order chi connectivity index (χ1) is 6.27. The Morgan fingerprint density at radius 1 is 1.00 bits per heavy atom. The molecule has 0 radical (unpaired) electrons. The normalized spacial score (nSPS) is 9.43. The van der Waals surface area contributed by atoms with E-state index >= 15 is 0 Å². The van der Waals surface area contributed by atoms with Crippen LogP contribution < -0.4 is 0 Å². The number of benzene rings is 2. The lowest BCUT2D eigenvalue weighted by atomic mass is 10.1. The number of carboxylic acids is 1. The first-order valence-electron chi connectivity index (χ1n) is 3.99. The summed E-state index contributed by atoms with van der Waals surface area (Å²) in [5.74, 6) is -0.884. The number of rotatable bonds is 1. The molecule has 2 heteroatoms. The molecular formula is C12H12O2. The molecule has 0 atom stereocenters. The second kappa shape index (κ2) is 3.92. The van der Waals surface area contributed by atoms with Gasteiger partial charge in [0.25, 0.3) is 0 Å². The van der Waals surface area contributed by atoms with E-state index < -0.39 is 5.97 Å². The van der Waals surface area contributed by atoms with Crippen molar-refractivity contribution in [2.24, 2.45) is 0 Å². The van der Waals surface area contributed by atoms with Crippen LogP contribution in [0.1, 0.15) is 17.8 Å². The largest absolute Gasteiger partial charge is 0.478 e. The Kier molecular flexibility index (Phi) is 2.87. The fraction of sp³-hybridized carbons (Fsp3) is 0.0833. The minimum atomic E-state index is -0.884. The number of fused-ring (bicyclic) bond motifs is 1. The van der Waals surface area contributed by atoms with Gasteiger partial charge in [-0.3, -0.25) is 0 Å². The van der Waals surface area contributed by atoms with E-state index in [2.05, 4.69) is 0 Å². The van der Waals surface area contributed by atoms with Gasteiger partial charge in [-0.05, 0) is 22.9 Å². The van der Waals surface area contributed by atoms with E-state index in [9.17, 15) is 4.79 Å². The Labute approximate surface area is 82.8 Å². The van der Waals surface area contributed by atoms with Crippen LogP contribution in [0.5, 0.6) is 0 Å². The van der Waals surface area contributed by atoms with Gasteiger partial charge in [-0.2, -0.15) is 0 Å². The molecule has 0 fully saturated rings. The van der Waals surface area contributed by atoms with Gasteiger partial charge in [-0.25, -0.2) is 4.79 Å². The maximum atomic E-state index is 10.6. The summed E-state index contributed by atoms with van der Waals surface area (Å²) >= 11 is 0. The molecule has 72 valence electrons. The van der Waals surface area contributed by atoms with Gasteiger partial charge in [-0.15, -0.1) is 0 Å². The Balaban J connectivity index is 0.000000980. The second-order valence-corrected chi connectivity index (χ2v) is 2.87. The van der Waals surface area contributed by atoms with E-state index in [0.717, 1.165) is 10.8 Å². The van der Waals surface area contributed by atoms with Crippen LogP contribution in [-0.4, -0.2) is 11.1 Å². The van der Waals surface area contributed by atoms with Crippen LogP contribution in [-0.2, 0) is 0 Å². The molecule has 0 spiro atoms. The minimum Gasteiger partial charge on any atom is -0.478 e. The van der Waals surface area contributed by atoms with Crippen LogP contribution in [0.4, 0.5) is 0 Å². The number of hydrogen-bond acceptors (Lipinski definition) is 1. The van der Waals surface area contributed by atoms with Crippen LogP contribution in [0.2, 0.25) is 0 Å². The molecule has 2 aromatic rings. The summed E-state index contributed by atoms with van der Waals surface area (Å²) in [6.45, 7) is 0. The number of carboxylic acid groups (broad SMARTS) is 1. The predicted octanol–water partition coefficient (Wildman–Crippen LogP) is 3.17. The van der Waals surface area contributed by atoms with Crippen molar-refractivity contribution in [3.63, 3.8) is 0 Å². The molecule has 0 aliphatic carbocycles. The molecular weight excluding hydrogens is 176 g/mol. The molecule has 0 heterocycles. The Morgan fingerprint density at radius 3 is 2.29 bits per heavy atom. The van der Waals surface area contributed by atoms with Crippen LogP contribution in [0.3, 0.4) is 0 Å². The highest BCUT2D eigenvalue weighted by atomic mass is 16.4. The summed E-state index contributed by atoms with van der Waals surface area (Å²) in [7, 11) is 0. The predicted molar refractivity (Wildman–Crippen MR) is 57.6 cm³/mol. The topological polar surface area (TPSA) is 37.3 Å². The van der Waals surface area contributed by atoms with Gasteiger partial charge < -0.3 is 5.11 Å². The molecule has 0 saturated heterocycles. The van der Waals surface area contributed by atoms with Crippen molar-refractivity contribution in [2.75, 3.05) is 0 Å². The van der Waals surface area contributed by atoms with E-state index in [1.165, 1.54) is 0 Å². The molecule has 0 aromatic heterocycles. The lowest BCUT2D eigenvalue weighted by molar-refractivity contribution is 0.0697. The Bertz CT molecular complexity index is 461. The van der Waals surface area contributed by atoms with E-state index in [1.54, 1.807) is 12.1 Å². The highest BCUT2D eigenvalue weighted by Gasteiger charge is 2.01. The second-order valence-electron chi connectivity index (χ2n) is 2.87. The number of hydrogen-bond donors (Lipinski definition) is 1. The monoisotopic (exact) mass is 188 g/mol. The highest BCUT2D eigenvalue weighted by molar-refractivity contribution is 5.94. The summed E-state index contributed by atoms with van der Waals surface area (Å²) in [5.41, 5.74) is 0.332. The van der Waals surface area contributed by atoms with Crippen molar-refractivity contribution in [3.05, 3.63) is 48.0 Å².